The minimum atomic E-state index is -1.26. The van der Waals surface area contributed by atoms with Gasteiger partial charge in [0.05, 0.1) is 36.3 Å². The van der Waals surface area contributed by atoms with Crippen molar-refractivity contribution in [1.82, 2.24) is 9.97 Å². The fraction of sp³-hybridized carbons (Fsp3) is 0.389. The van der Waals surface area contributed by atoms with E-state index in [0.29, 0.717) is 13.1 Å². The first-order valence-electron chi connectivity index (χ1n) is 8.25. The predicted octanol–water partition coefficient (Wildman–Crippen LogP) is 2.09. The van der Waals surface area contributed by atoms with Gasteiger partial charge in [0.25, 0.3) is 0 Å². The van der Waals surface area contributed by atoms with Crippen LogP contribution in [0.2, 0.25) is 0 Å². The number of anilines is 1. The van der Waals surface area contributed by atoms with Crippen LogP contribution in [-0.2, 0) is 11.3 Å². The van der Waals surface area contributed by atoms with Gasteiger partial charge in [-0.15, -0.1) is 0 Å². The molecule has 1 aliphatic heterocycles. The minimum Gasteiger partial charge on any atom is -0.392 e. The Morgan fingerprint density at radius 2 is 1.96 bits per heavy atom. The van der Waals surface area contributed by atoms with Crippen molar-refractivity contribution in [2.75, 3.05) is 18.0 Å². The van der Waals surface area contributed by atoms with Gasteiger partial charge >= 0.3 is 0 Å². The maximum absolute atomic E-state index is 14.9. The van der Waals surface area contributed by atoms with Gasteiger partial charge < -0.3 is 14.7 Å². The molecule has 1 aromatic heterocycles. The second-order valence-corrected chi connectivity index (χ2v) is 6.30. The van der Waals surface area contributed by atoms with Crippen molar-refractivity contribution in [2.45, 2.75) is 32.7 Å². The van der Waals surface area contributed by atoms with Crippen LogP contribution < -0.4 is 4.90 Å². The van der Waals surface area contributed by atoms with Gasteiger partial charge in [0.1, 0.15) is 5.69 Å². The molecule has 2 atom stereocenters. The number of ketones is 1. The minimum absolute atomic E-state index is 0.0392. The van der Waals surface area contributed by atoms with Crippen LogP contribution in [0.3, 0.4) is 0 Å². The summed E-state index contributed by atoms with van der Waals surface area (Å²) in [6.07, 6.45) is 3.50. The number of halogens is 2. The summed E-state index contributed by atoms with van der Waals surface area (Å²) in [5.41, 5.74) is -0.485. The van der Waals surface area contributed by atoms with Crippen LogP contribution in [0.5, 0.6) is 0 Å². The van der Waals surface area contributed by atoms with Crippen molar-refractivity contribution in [3.63, 3.8) is 0 Å². The molecule has 1 aliphatic rings. The Kier molecular flexibility index (Phi) is 5.24. The normalized spacial score (nSPS) is 20.3. The molecule has 0 amide bonds. The Morgan fingerprint density at radius 1 is 1.27 bits per heavy atom. The van der Waals surface area contributed by atoms with Gasteiger partial charge in [0, 0.05) is 31.0 Å². The quantitative estimate of drug-likeness (QED) is 0.839. The van der Waals surface area contributed by atoms with E-state index < -0.39 is 29.6 Å². The first-order chi connectivity index (χ1) is 12.4. The Hall–Kier alpha value is -2.45. The molecule has 0 saturated carbocycles. The van der Waals surface area contributed by atoms with E-state index in [2.05, 4.69) is 9.97 Å². The molecule has 1 saturated heterocycles. The van der Waals surface area contributed by atoms with Crippen molar-refractivity contribution in [3.05, 3.63) is 53.1 Å². The molecule has 138 valence electrons. The van der Waals surface area contributed by atoms with Gasteiger partial charge in [0.2, 0.25) is 5.78 Å². The van der Waals surface area contributed by atoms with Crippen molar-refractivity contribution < 1.29 is 23.4 Å². The van der Waals surface area contributed by atoms with Gasteiger partial charge in [-0.25, -0.2) is 13.8 Å². The topological polar surface area (TPSA) is 75.5 Å². The number of aliphatic hydroxyl groups is 1. The molecule has 6 nitrogen and oxygen atoms in total. The Bertz CT molecular complexity index is 807. The van der Waals surface area contributed by atoms with E-state index in [4.69, 9.17) is 4.74 Å². The highest BCUT2D eigenvalue weighted by Gasteiger charge is 2.30. The summed E-state index contributed by atoms with van der Waals surface area (Å²) < 4.78 is 35.2. The van der Waals surface area contributed by atoms with Crippen LogP contribution in [0.1, 0.15) is 35.5 Å². The lowest BCUT2D eigenvalue weighted by Gasteiger charge is -2.38. The first kappa shape index (κ1) is 18.3. The van der Waals surface area contributed by atoms with E-state index in [0.717, 1.165) is 0 Å². The fourth-order valence-corrected chi connectivity index (χ4v) is 3.21. The van der Waals surface area contributed by atoms with E-state index in [1.165, 1.54) is 24.7 Å². The van der Waals surface area contributed by atoms with Gasteiger partial charge in [-0.3, -0.25) is 9.78 Å². The number of ether oxygens (including phenoxy) is 1. The molecule has 8 heteroatoms. The van der Waals surface area contributed by atoms with Crippen LogP contribution in [0, 0.1) is 11.6 Å². The van der Waals surface area contributed by atoms with Crippen molar-refractivity contribution in [3.8, 4) is 0 Å². The highest BCUT2D eigenvalue weighted by molar-refractivity contribution is 6.08. The number of aromatic nitrogens is 2. The number of carbonyl (C=O) groups is 1. The predicted molar refractivity (Wildman–Crippen MR) is 90.0 cm³/mol. The SMILES string of the molecule is C[C@@H]1CN(c2c(CO)cc(C(=O)c3cnccn3)c(F)c2F)C[C@H](C)O1. The number of rotatable bonds is 4. The zero-order chi connectivity index (χ0) is 18.8. The molecule has 1 aromatic carbocycles. The summed E-state index contributed by atoms with van der Waals surface area (Å²) in [6, 6.07) is 1.18. The lowest BCUT2D eigenvalue weighted by atomic mass is 10.0. The molecule has 0 radical (unpaired) electrons. The van der Waals surface area contributed by atoms with Gasteiger partial charge in [-0.05, 0) is 19.9 Å². The maximum Gasteiger partial charge on any atom is 0.215 e. The molecule has 0 bridgehead atoms. The second kappa shape index (κ2) is 7.43. The average Bonchev–Trinajstić information content (AvgIpc) is 2.63. The van der Waals surface area contributed by atoms with Gasteiger partial charge in [-0.2, -0.15) is 0 Å². The third kappa shape index (κ3) is 3.42. The van der Waals surface area contributed by atoms with Crippen LogP contribution in [0.25, 0.3) is 0 Å². The van der Waals surface area contributed by atoms with Crippen LogP contribution >= 0.6 is 0 Å². The summed E-state index contributed by atoms with van der Waals surface area (Å²) in [4.78, 5) is 21.7. The lowest BCUT2D eigenvalue weighted by molar-refractivity contribution is -0.00554. The molecule has 2 heterocycles. The van der Waals surface area contributed by atoms with Crippen LogP contribution in [-0.4, -0.2) is 46.2 Å². The third-order valence-corrected chi connectivity index (χ3v) is 4.21. The molecular weight excluding hydrogens is 344 g/mol. The summed E-state index contributed by atoms with van der Waals surface area (Å²) in [5, 5.41) is 9.69. The van der Waals surface area contributed by atoms with Gasteiger partial charge in [0.15, 0.2) is 11.6 Å². The largest absolute Gasteiger partial charge is 0.392 e. The summed E-state index contributed by atoms with van der Waals surface area (Å²) >= 11 is 0. The highest BCUT2D eigenvalue weighted by Crippen LogP contribution is 2.32. The number of morpholine rings is 1. The Balaban J connectivity index is 2.06. The monoisotopic (exact) mass is 363 g/mol. The highest BCUT2D eigenvalue weighted by atomic mass is 19.2. The number of aliphatic hydroxyl groups excluding tert-OH is 1. The first-order valence-corrected chi connectivity index (χ1v) is 8.25. The number of benzene rings is 1. The smallest absolute Gasteiger partial charge is 0.215 e. The molecule has 3 rings (SSSR count). The molecule has 0 unspecified atom stereocenters. The lowest BCUT2D eigenvalue weighted by Crippen LogP contribution is -2.46. The molecule has 1 fully saturated rings. The van der Waals surface area contributed by atoms with Crippen molar-refractivity contribution in [2.24, 2.45) is 0 Å². The standard InChI is InChI=1S/C18H19F2N3O3/c1-10-7-23(8-11(2)26-10)17-12(9-24)5-13(15(19)16(17)20)18(25)14-6-21-3-4-22-14/h3-6,10-11,24H,7-9H2,1-2H3/t10-,11+. The number of hydrogen-bond acceptors (Lipinski definition) is 6. The van der Waals surface area contributed by atoms with Crippen LogP contribution in [0.15, 0.2) is 24.7 Å². The summed E-state index contributed by atoms with van der Waals surface area (Å²) in [6.45, 7) is 3.84. The second-order valence-electron chi connectivity index (χ2n) is 6.30. The van der Waals surface area contributed by atoms with Gasteiger partial charge in [-0.1, -0.05) is 0 Å². The van der Waals surface area contributed by atoms with Crippen molar-refractivity contribution in [1.29, 1.82) is 0 Å². The average molecular weight is 363 g/mol. The molecule has 0 spiro atoms. The Morgan fingerprint density at radius 3 is 2.54 bits per heavy atom. The Labute approximate surface area is 149 Å². The molecular formula is C18H19F2N3O3. The van der Waals surface area contributed by atoms with Crippen molar-refractivity contribution >= 4 is 11.5 Å². The van der Waals surface area contributed by atoms with E-state index >= 15 is 0 Å². The molecule has 26 heavy (non-hydrogen) atoms. The fourth-order valence-electron chi connectivity index (χ4n) is 3.21. The van der Waals surface area contributed by atoms with E-state index in [-0.39, 0.29) is 29.2 Å². The zero-order valence-electron chi connectivity index (χ0n) is 14.4. The maximum atomic E-state index is 14.9. The third-order valence-electron chi connectivity index (χ3n) is 4.21. The van der Waals surface area contributed by atoms with E-state index in [1.807, 2.05) is 13.8 Å². The van der Waals surface area contributed by atoms with E-state index in [9.17, 15) is 18.7 Å². The van der Waals surface area contributed by atoms with E-state index in [1.54, 1.807) is 4.90 Å². The zero-order valence-corrected chi connectivity index (χ0v) is 14.4. The number of hydrogen-bond donors (Lipinski definition) is 1. The molecule has 1 N–H and O–H groups in total. The van der Waals surface area contributed by atoms with Crippen LogP contribution in [0.4, 0.5) is 14.5 Å². The summed E-state index contributed by atoms with van der Waals surface area (Å²) in [7, 11) is 0. The number of carbonyl (C=O) groups excluding carboxylic acids is 1. The molecule has 2 aromatic rings. The molecule has 0 aliphatic carbocycles. The number of nitrogens with zero attached hydrogens (tertiary/aromatic N) is 3. The summed E-state index contributed by atoms with van der Waals surface area (Å²) in [5.74, 6) is -3.22.